The largest absolute Gasteiger partial charge is 0.491 e. The van der Waals surface area contributed by atoms with Crippen molar-refractivity contribution in [3.05, 3.63) is 22.2 Å². The van der Waals surface area contributed by atoms with Gasteiger partial charge in [0.2, 0.25) is 0 Å². The third-order valence-electron chi connectivity index (χ3n) is 1.54. The van der Waals surface area contributed by atoms with E-state index in [4.69, 9.17) is 32.7 Å². The number of hydrogen-bond acceptors (Lipinski definition) is 2. The minimum absolute atomic E-state index is 0.0541. The Labute approximate surface area is 93.7 Å². The van der Waals surface area contributed by atoms with Crippen molar-refractivity contribution in [2.45, 2.75) is 20.0 Å². The van der Waals surface area contributed by atoms with E-state index in [1.165, 1.54) is 0 Å². The van der Waals surface area contributed by atoms with E-state index >= 15 is 0 Å². The van der Waals surface area contributed by atoms with Crippen LogP contribution in [0.1, 0.15) is 13.8 Å². The highest BCUT2D eigenvalue weighted by Crippen LogP contribution is 2.38. The van der Waals surface area contributed by atoms with E-state index in [-0.39, 0.29) is 6.10 Å². The Morgan fingerprint density at radius 1 is 1.21 bits per heavy atom. The maximum absolute atomic E-state index is 5.93. The predicted octanol–water partition coefficient (Wildman–Crippen LogP) is 3.79. The normalized spacial score (nSPS) is 10.4. The van der Waals surface area contributed by atoms with Crippen molar-refractivity contribution in [3.8, 4) is 11.5 Å². The van der Waals surface area contributed by atoms with Gasteiger partial charge in [-0.2, -0.15) is 0 Å². The highest BCUT2D eigenvalue weighted by Gasteiger charge is 2.11. The summed E-state index contributed by atoms with van der Waals surface area (Å²) in [5, 5.41) is 0.988. The van der Waals surface area contributed by atoms with Gasteiger partial charge in [-0.3, -0.25) is 0 Å². The maximum atomic E-state index is 5.93. The van der Waals surface area contributed by atoms with Gasteiger partial charge in [-0.05, 0) is 19.9 Å². The first kappa shape index (κ1) is 11.5. The van der Waals surface area contributed by atoms with Gasteiger partial charge in [-0.1, -0.05) is 23.2 Å². The summed E-state index contributed by atoms with van der Waals surface area (Å²) in [6.45, 7) is 3.85. The van der Waals surface area contributed by atoms with E-state index in [9.17, 15) is 0 Å². The van der Waals surface area contributed by atoms with Gasteiger partial charge in [0.25, 0.3) is 0 Å². The lowest BCUT2D eigenvalue weighted by molar-refractivity contribution is 0.230. The van der Waals surface area contributed by atoms with Crippen molar-refractivity contribution in [3.63, 3.8) is 0 Å². The Bertz CT molecular complexity index is 324. The fourth-order valence-electron chi connectivity index (χ4n) is 1.08. The second-order valence-electron chi connectivity index (χ2n) is 3.09. The summed E-state index contributed by atoms with van der Waals surface area (Å²) in [5.41, 5.74) is 0. The first-order valence-corrected chi connectivity index (χ1v) is 5.00. The molecule has 0 aliphatic heterocycles. The quantitative estimate of drug-likeness (QED) is 0.793. The number of benzene rings is 1. The van der Waals surface area contributed by atoms with Crippen molar-refractivity contribution in [1.29, 1.82) is 0 Å². The lowest BCUT2D eigenvalue weighted by atomic mass is 10.3. The van der Waals surface area contributed by atoms with Crippen LogP contribution < -0.4 is 9.47 Å². The fraction of sp³-hybridized carbons (Fsp3) is 0.400. The second kappa shape index (κ2) is 4.76. The van der Waals surface area contributed by atoms with E-state index in [1.807, 2.05) is 13.8 Å². The number of ether oxygens (including phenoxy) is 2. The molecule has 2 nitrogen and oxygen atoms in total. The lowest BCUT2D eigenvalue weighted by Crippen LogP contribution is -2.06. The van der Waals surface area contributed by atoms with Crippen LogP contribution in [-0.2, 0) is 0 Å². The van der Waals surface area contributed by atoms with Gasteiger partial charge < -0.3 is 9.47 Å². The predicted molar refractivity (Wildman–Crippen MR) is 58.8 cm³/mol. The SMILES string of the molecule is COc1c(Cl)cc(Cl)cc1OC(C)C. The fourth-order valence-corrected chi connectivity index (χ4v) is 1.63. The molecule has 0 bridgehead atoms. The van der Waals surface area contributed by atoms with Gasteiger partial charge in [0.05, 0.1) is 18.2 Å². The van der Waals surface area contributed by atoms with Gasteiger partial charge in [0.1, 0.15) is 0 Å². The van der Waals surface area contributed by atoms with Gasteiger partial charge in [0, 0.05) is 11.1 Å². The smallest absolute Gasteiger partial charge is 0.179 e. The Balaban J connectivity index is 3.11. The van der Waals surface area contributed by atoms with Crippen LogP contribution in [0.3, 0.4) is 0 Å². The molecule has 0 amide bonds. The van der Waals surface area contributed by atoms with E-state index in [0.717, 1.165) is 0 Å². The molecule has 0 saturated carbocycles. The zero-order valence-electron chi connectivity index (χ0n) is 8.30. The molecule has 0 fully saturated rings. The van der Waals surface area contributed by atoms with E-state index in [2.05, 4.69) is 0 Å². The third-order valence-corrected chi connectivity index (χ3v) is 2.04. The molecule has 0 spiro atoms. The molecule has 0 saturated heterocycles. The Kier molecular flexibility index (Phi) is 3.90. The maximum Gasteiger partial charge on any atom is 0.179 e. The lowest BCUT2D eigenvalue weighted by Gasteiger charge is -2.14. The number of methoxy groups -OCH3 is 1. The van der Waals surface area contributed by atoms with Gasteiger partial charge in [0.15, 0.2) is 11.5 Å². The average Bonchev–Trinajstić information content (AvgIpc) is 2.01. The Hall–Kier alpha value is -0.600. The molecule has 0 heterocycles. The topological polar surface area (TPSA) is 18.5 Å². The first-order valence-electron chi connectivity index (χ1n) is 4.24. The van der Waals surface area contributed by atoms with Crippen LogP contribution in [0.25, 0.3) is 0 Å². The number of halogens is 2. The van der Waals surface area contributed by atoms with Crippen LogP contribution in [0.2, 0.25) is 10.0 Å². The monoisotopic (exact) mass is 234 g/mol. The van der Waals surface area contributed by atoms with E-state index < -0.39 is 0 Å². The van der Waals surface area contributed by atoms with Crippen LogP contribution >= 0.6 is 23.2 Å². The molecule has 0 aromatic heterocycles. The van der Waals surface area contributed by atoms with Crippen molar-refractivity contribution < 1.29 is 9.47 Å². The summed E-state index contributed by atoms with van der Waals surface area (Å²) in [5.74, 6) is 1.09. The van der Waals surface area contributed by atoms with Crippen molar-refractivity contribution in [1.82, 2.24) is 0 Å². The van der Waals surface area contributed by atoms with Crippen LogP contribution in [0.15, 0.2) is 12.1 Å². The molecule has 0 atom stereocenters. The third kappa shape index (κ3) is 2.69. The molecule has 1 rings (SSSR count). The van der Waals surface area contributed by atoms with Crippen LogP contribution in [0.5, 0.6) is 11.5 Å². The highest BCUT2D eigenvalue weighted by atomic mass is 35.5. The number of rotatable bonds is 3. The molecule has 0 radical (unpaired) electrons. The van der Waals surface area contributed by atoms with Gasteiger partial charge in [-0.25, -0.2) is 0 Å². The minimum atomic E-state index is 0.0541. The Morgan fingerprint density at radius 2 is 1.86 bits per heavy atom. The van der Waals surface area contributed by atoms with Crippen LogP contribution in [-0.4, -0.2) is 13.2 Å². The molecule has 0 aliphatic rings. The molecule has 78 valence electrons. The van der Waals surface area contributed by atoms with Crippen molar-refractivity contribution in [2.75, 3.05) is 7.11 Å². The molecule has 0 aliphatic carbocycles. The number of hydrogen-bond donors (Lipinski definition) is 0. The van der Waals surface area contributed by atoms with E-state index in [1.54, 1.807) is 19.2 Å². The highest BCUT2D eigenvalue weighted by molar-refractivity contribution is 6.35. The molecule has 0 N–H and O–H groups in total. The Morgan fingerprint density at radius 3 is 2.36 bits per heavy atom. The summed E-state index contributed by atoms with van der Waals surface area (Å²) in [4.78, 5) is 0. The standard InChI is InChI=1S/C10H12Cl2O2/c1-6(2)14-9-5-7(11)4-8(12)10(9)13-3/h4-6H,1-3H3. The molecule has 0 unspecified atom stereocenters. The molecule has 4 heteroatoms. The summed E-state index contributed by atoms with van der Waals surface area (Å²) in [6, 6.07) is 3.31. The summed E-state index contributed by atoms with van der Waals surface area (Å²) in [7, 11) is 1.54. The van der Waals surface area contributed by atoms with Crippen molar-refractivity contribution >= 4 is 23.2 Å². The minimum Gasteiger partial charge on any atom is -0.491 e. The van der Waals surface area contributed by atoms with Gasteiger partial charge in [-0.15, -0.1) is 0 Å². The van der Waals surface area contributed by atoms with Crippen molar-refractivity contribution in [2.24, 2.45) is 0 Å². The van der Waals surface area contributed by atoms with Crippen LogP contribution in [0, 0.1) is 0 Å². The first-order chi connectivity index (χ1) is 6.54. The van der Waals surface area contributed by atoms with Gasteiger partial charge >= 0.3 is 0 Å². The van der Waals surface area contributed by atoms with Crippen LogP contribution in [0.4, 0.5) is 0 Å². The molecular weight excluding hydrogens is 223 g/mol. The zero-order valence-corrected chi connectivity index (χ0v) is 9.82. The molecule has 1 aromatic carbocycles. The zero-order chi connectivity index (χ0) is 10.7. The molecule has 1 aromatic rings. The summed E-state index contributed by atoms with van der Waals surface area (Å²) in [6.07, 6.45) is 0.0541. The average molecular weight is 235 g/mol. The molecular formula is C10H12Cl2O2. The summed E-state index contributed by atoms with van der Waals surface area (Å²) >= 11 is 11.8. The summed E-state index contributed by atoms with van der Waals surface area (Å²) < 4.78 is 10.6. The van der Waals surface area contributed by atoms with E-state index in [0.29, 0.717) is 21.5 Å². The second-order valence-corrected chi connectivity index (χ2v) is 3.93. The molecule has 14 heavy (non-hydrogen) atoms.